The van der Waals surface area contributed by atoms with E-state index in [9.17, 15) is 4.79 Å². The number of benzene rings is 1. The number of carboxylic acid groups (broad SMARTS) is 1. The number of nitrogens with zero attached hydrogens (tertiary/aromatic N) is 3. The van der Waals surface area contributed by atoms with Crippen molar-refractivity contribution in [3.63, 3.8) is 0 Å². The zero-order chi connectivity index (χ0) is 12.4. The molecular formula is C11H10BrN3O2. The number of aliphatic carboxylic acids is 1. The van der Waals surface area contributed by atoms with E-state index in [4.69, 9.17) is 5.11 Å². The van der Waals surface area contributed by atoms with E-state index in [1.807, 2.05) is 25.1 Å². The molecule has 5 nitrogen and oxygen atoms in total. The summed E-state index contributed by atoms with van der Waals surface area (Å²) in [6.45, 7) is 1.94. The molecule has 1 aromatic carbocycles. The molecule has 88 valence electrons. The molecule has 0 radical (unpaired) electrons. The summed E-state index contributed by atoms with van der Waals surface area (Å²) in [6.07, 6.45) is 1.37. The average Bonchev–Trinajstić information content (AvgIpc) is 2.65. The smallest absolute Gasteiger partial charge is 0.309 e. The van der Waals surface area contributed by atoms with Crippen molar-refractivity contribution in [3.8, 4) is 5.69 Å². The fraction of sp³-hybridized carbons (Fsp3) is 0.182. The highest BCUT2D eigenvalue weighted by Crippen LogP contribution is 2.19. The van der Waals surface area contributed by atoms with Gasteiger partial charge < -0.3 is 5.11 Å². The number of aryl methyl sites for hydroxylation is 1. The highest BCUT2D eigenvalue weighted by molar-refractivity contribution is 9.10. The first-order valence-electron chi connectivity index (χ1n) is 4.96. The lowest BCUT2D eigenvalue weighted by molar-refractivity contribution is -0.136. The fourth-order valence-electron chi connectivity index (χ4n) is 1.59. The van der Waals surface area contributed by atoms with Gasteiger partial charge in [-0.1, -0.05) is 21.1 Å². The van der Waals surface area contributed by atoms with Crippen molar-refractivity contribution in [2.45, 2.75) is 13.3 Å². The van der Waals surface area contributed by atoms with Crippen LogP contribution >= 0.6 is 15.9 Å². The van der Waals surface area contributed by atoms with Gasteiger partial charge in [-0.05, 0) is 30.7 Å². The van der Waals surface area contributed by atoms with Gasteiger partial charge in [0.25, 0.3) is 0 Å². The molecule has 1 N–H and O–H groups in total. The summed E-state index contributed by atoms with van der Waals surface area (Å²) in [4.78, 5) is 10.7. The second kappa shape index (κ2) is 4.67. The Labute approximate surface area is 106 Å². The molecule has 0 fully saturated rings. The van der Waals surface area contributed by atoms with E-state index >= 15 is 0 Å². The fourth-order valence-corrected chi connectivity index (χ4v) is 2.07. The largest absolute Gasteiger partial charge is 0.481 e. The minimum absolute atomic E-state index is 0.0947. The summed E-state index contributed by atoms with van der Waals surface area (Å²) < 4.78 is 2.52. The van der Waals surface area contributed by atoms with Gasteiger partial charge in [0.1, 0.15) is 0 Å². The van der Waals surface area contributed by atoms with Gasteiger partial charge in [-0.25, -0.2) is 4.68 Å². The number of aromatic nitrogens is 3. The van der Waals surface area contributed by atoms with E-state index in [2.05, 4.69) is 26.2 Å². The first kappa shape index (κ1) is 11.8. The van der Waals surface area contributed by atoms with Crippen LogP contribution in [0.4, 0.5) is 0 Å². The van der Waals surface area contributed by atoms with Gasteiger partial charge in [0.2, 0.25) is 0 Å². The number of carbonyl (C=O) groups is 1. The predicted octanol–water partition coefficient (Wildman–Crippen LogP) is 1.97. The number of halogens is 1. The average molecular weight is 296 g/mol. The minimum atomic E-state index is -0.900. The van der Waals surface area contributed by atoms with Crippen molar-refractivity contribution in [2.75, 3.05) is 0 Å². The van der Waals surface area contributed by atoms with E-state index in [1.165, 1.54) is 6.20 Å². The van der Waals surface area contributed by atoms with Crippen molar-refractivity contribution >= 4 is 21.9 Å². The number of hydrogen-bond donors (Lipinski definition) is 1. The Hall–Kier alpha value is -1.69. The summed E-state index contributed by atoms with van der Waals surface area (Å²) >= 11 is 3.38. The van der Waals surface area contributed by atoms with E-state index < -0.39 is 5.97 Å². The van der Waals surface area contributed by atoms with Gasteiger partial charge in [0, 0.05) is 4.47 Å². The molecule has 0 spiro atoms. The van der Waals surface area contributed by atoms with Crippen molar-refractivity contribution in [3.05, 3.63) is 40.1 Å². The number of hydrogen-bond acceptors (Lipinski definition) is 3. The van der Waals surface area contributed by atoms with Gasteiger partial charge in [-0.3, -0.25) is 4.79 Å². The third-order valence-electron chi connectivity index (χ3n) is 2.34. The van der Waals surface area contributed by atoms with E-state index in [1.54, 1.807) is 4.68 Å². The van der Waals surface area contributed by atoms with Crippen LogP contribution in [0, 0.1) is 6.92 Å². The van der Waals surface area contributed by atoms with Crippen molar-refractivity contribution in [2.24, 2.45) is 0 Å². The Morgan fingerprint density at radius 2 is 2.29 bits per heavy atom. The molecule has 6 heteroatoms. The highest BCUT2D eigenvalue weighted by atomic mass is 79.9. The van der Waals surface area contributed by atoms with Gasteiger partial charge in [-0.15, -0.1) is 5.10 Å². The van der Waals surface area contributed by atoms with E-state index in [0.717, 1.165) is 15.7 Å². The Bertz CT molecular complexity index is 566. The number of rotatable bonds is 3. The molecular weight excluding hydrogens is 286 g/mol. The monoisotopic (exact) mass is 295 g/mol. The zero-order valence-corrected chi connectivity index (χ0v) is 10.7. The van der Waals surface area contributed by atoms with Crippen LogP contribution in [-0.4, -0.2) is 26.1 Å². The molecule has 0 bridgehead atoms. The third kappa shape index (κ3) is 2.52. The van der Waals surface area contributed by atoms with Gasteiger partial charge >= 0.3 is 5.97 Å². The summed E-state index contributed by atoms with van der Waals surface area (Å²) in [5.41, 5.74) is 2.39. The second-order valence-corrected chi connectivity index (χ2v) is 4.55. The van der Waals surface area contributed by atoms with E-state index in [-0.39, 0.29) is 6.42 Å². The SMILES string of the molecule is Cc1cc(Br)ccc1-n1nncc1CC(=O)O. The first-order valence-corrected chi connectivity index (χ1v) is 5.75. The predicted molar refractivity (Wildman–Crippen MR) is 65.1 cm³/mol. The lowest BCUT2D eigenvalue weighted by Crippen LogP contribution is -2.09. The molecule has 0 saturated heterocycles. The molecule has 0 aliphatic heterocycles. The molecule has 2 rings (SSSR count). The highest BCUT2D eigenvalue weighted by Gasteiger charge is 2.11. The van der Waals surface area contributed by atoms with Crippen LogP contribution in [0.1, 0.15) is 11.3 Å². The van der Waals surface area contributed by atoms with Gasteiger partial charge in [-0.2, -0.15) is 0 Å². The van der Waals surface area contributed by atoms with Crippen LogP contribution < -0.4 is 0 Å². The lowest BCUT2D eigenvalue weighted by Gasteiger charge is -2.08. The Balaban J connectivity index is 2.46. The molecule has 0 saturated carbocycles. The van der Waals surface area contributed by atoms with Crippen LogP contribution in [0.15, 0.2) is 28.9 Å². The van der Waals surface area contributed by atoms with Crippen molar-refractivity contribution < 1.29 is 9.90 Å². The first-order chi connectivity index (χ1) is 8.08. The van der Waals surface area contributed by atoms with Crippen LogP contribution in [0.3, 0.4) is 0 Å². The molecule has 0 atom stereocenters. The normalized spacial score (nSPS) is 10.5. The molecule has 2 aromatic rings. The van der Waals surface area contributed by atoms with Gasteiger partial charge in [0.15, 0.2) is 0 Å². The summed E-state index contributed by atoms with van der Waals surface area (Å²) in [5.74, 6) is -0.900. The Morgan fingerprint density at radius 1 is 1.53 bits per heavy atom. The zero-order valence-electron chi connectivity index (χ0n) is 9.09. The van der Waals surface area contributed by atoms with Crippen LogP contribution in [0.25, 0.3) is 5.69 Å². The molecule has 0 aliphatic rings. The number of carboxylic acids is 1. The third-order valence-corrected chi connectivity index (χ3v) is 2.83. The van der Waals surface area contributed by atoms with Crippen LogP contribution in [0.2, 0.25) is 0 Å². The molecule has 1 aromatic heterocycles. The van der Waals surface area contributed by atoms with Crippen molar-refractivity contribution in [1.29, 1.82) is 0 Å². The summed E-state index contributed by atoms with van der Waals surface area (Å²) in [7, 11) is 0. The Kier molecular flexibility index (Phi) is 3.23. The van der Waals surface area contributed by atoms with Gasteiger partial charge in [0.05, 0.1) is 24.0 Å². The quantitative estimate of drug-likeness (QED) is 0.940. The molecule has 0 unspecified atom stereocenters. The maximum atomic E-state index is 10.7. The minimum Gasteiger partial charge on any atom is -0.481 e. The second-order valence-electron chi connectivity index (χ2n) is 3.64. The van der Waals surface area contributed by atoms with E-state index in [0.29, 0.717) is 5.69 Å². The van der Waals surface area contributed by atoms with Crippen molar-refractivity contribution in [1.82, 2.24) is 15.0 Å². The summed E-state index contributed by atoms with van der Waals surface area (Å²) in [6, 6.07) is 5.70. The summed E-state index contributed by atoms with van der Waals surface area (Å²) in [5, 5.41) is 16.5. The van der Waals surface area contributed by atoms with Crippen LogP contribution in [-0.2, 0) is 11.2 Å². The molecule has 17 heavy (non-hydrogen) atoms. The molecule has 1 heterocycles. The molecule has 0 aliphatic carbocycles. The van der Waals surface area contributed by atoms with Crippen LogP contribution in [0.5, 0.6) is 0 Å². The standard InChI is InChI=1S/C11H10BrN3O2/c1-7-4-8(12)2-3-10(7)15-9(5-11(16)17)6-13-14-15/h2-4,6H,5H2,1H3,(H,16,17). The maximum absolute atomic E-state index is 10.7. The topological polar surface area (TPSA) is 68.0 Å². The Morgan fingerprint density at radius 3 is 2.94 bits per heavy atom. The lowest BCUT2D eigenvalue weighted by atomic mass is 10.2. The molecule has 0 amide bonds. The maximum Gasteiger partial charge on any atom is 0.309 e.